The Morgan fingerprint density at radius 2 is 1.32 bits per heavy atom. The van der Waals surface area contributed by atoms with Gasteiger partial charge in [-0.1, -0.05) is 70.2 Å². The summed E-state index contributed by atoms with van der Waals surface area (Å²) in [6, 6.07) is 14.9. The van der Waals surface area contributed by atoms with E-state index in [0.717, 1.165) is 11.5 Å². The topological polar surface area (TPSA) is 24.4 Å². The molecule has 0 unspecified atom stereocenters. The van der Waals surface area contributed by atoms with Gasteiger partial charge in [-0.2, -0.15) is 0 Å². The van der Waals surface area contributed by atoms with Crippen LogP contribution in [0.15, 0.2) is 47.5 Å². The van der Waals surface area contributed by atoms with Crippen molar-refractivity contribution >= 4 is 19.6 Å². The van der Waals surface area contributed by atoms with Crippen LogP contribution in [0, 0.1) is 20.8 Å². The zero-order valence-electron chi connectivity index (χ0n) is 16.6. The highest BCUT2D eigenvalue weighted by Crippen LogP contribution is 2.42. The fourth-order valence-corrected chi connectivity index (χ4v) is 5.18. The van der Waals surface area contributed by atoms with Crippen LogP contribution in [-0.2, 0) is 0 Å². The van der Waals surface area contributed by atoms with Crippen LogP contribution in [0.5, 0.6) is 0 Å². The molecule has 0 saturated carbocycles. The van der Waals surface area contributed by atoms with Crippen LogP contribution < -0.4 is 5.09 Å². The third kappa shape index (κ3) is 4.92. The fraction of sp³-hybridized carbons (Fsp3) is 0.409. The lowest BCUT2D eigenvalue weighted by atomic mass is 10.1. The molecule has 0 amide bonds. The van der Waals surface area contributed by atoms with Gasteiger partial charge in [0.2, 0.25) is 0 Å². The summed E-state index contributed by atoms with van der Waals surface area (Å²) in [6.07, 6.45) is 0. The molecule has 0 saturated heterocycles. The highest BCUT2D eigenvalue weighted by molar-refractivity contribution is 7.57. The lowest BCUT2D eigenvalue weighted by Gasteiger charge is -2.28. The lowest BCUT2D eigenvalue weighted by Crippen LogP contribution is -2.26. The molecular weight excluding hydrogens is 323 g/mol. The van der Waals surface area contributed by atoms with Crippen molar-refractivity contribution in [2.24, 2.45) is 4.99 Å². The summed E-state index contributed by atoms with van der Waals surface area (Å²) >= 11 is 0. The number of nitrogens with one attached hydrogen (secondary N) is 1. The Labute approximate surface area is 154 Å². The molecule has 0 aliphatic carbocycles. The predicted molar refractivity (Wildman–Crippen MR) is 114 cm³/mol. The van der Waals surface area contributed by atoms with Crippen LogP contribution in [0.3, 0.4) is 0 Å². The molecule has 2 nitrogen and oxygen atoms in total. The number of nitrogens with zero attached hydrogens (tertiary/aromatic N) is 1. The molecule has 2 aromatic carbocycles. The SMILES string of the molecule is Cc1ccccc1C(=Nc1c(C)cccc1C)NP(C(C)C)C(C)C. The Bertz CT molecular complexity index is 719. The molecule has 0 aromatic heterocycles. The van der Waals surface area contributed by atoms with Gasteiger partial charge in [-0.3, -0.25) is 0 Å². The molecule has 0 spiro atoms. The highest BCUT2D eigenvalue weighted by atomic mass is 31.1. The van der Waals surface area contributed by atoms with Crippen molar-refractivity contribution in [3.8, 4) is 0 Å². The Balaban J connectivity index is 2.57. The van der Waals surface area contributed by atoms with Gasteiger partial charge >= 0.3 is 0 Å². The number of aliphatic imine (C=N–C) groups is 1. The van der Waals surface area contributed by atoms with E-state index in [1.54, 1.807) is 0 Å². The summed E-state index contributed by atoms with van der Waals surface area (Å²) in [4.78, 5) is 5.12. The summed E-state index contributed by atoms with van der Waals surface area (Å²) in [5.74, 6) is 1.00. The van der Waals surface area contributed by atoms with Crippen molar-refractivity contribution in [1.82, 2.24) is 5.09 Å². The molecule has 0 fully saturated rings. The Kier molecular flexibility index (Phi) is 6.79. The number of aryl methyl sites for hydroxylation is 3. The minimum Gasteiger partial charge on any atom is -0.348 e. The summed E-state index contributed by atoms with van der Waals surface area (Å²) < 4.78 is 0. The van der Waals surface area contributed by atoms with E-state index in [0.29, 0.717) is 11.3 Å². The minimum atomic E-state index is -0.350. The summed E-state index contributed by atoms with van der Waals surface area (Å²) in [5, 5.41) is 3.83. The quantitative estimate of drug-likeness (QED) is 0.370. The van der Waals surface area contributed by atoms with Crippen LogP contribution >= 0.6 is 8.07 Å². The summed E-state index contributed by atoms with van der Waals surface area (Å²) in [5.41, 5.74) is 7.15. The third-order valence-corrected chi connectivity index (χ3v) is 7.11. The van der Waals surface area contributed by atoms with Gasteiger partial charge in [0.1, 0.15) is 5.84 Å². The van der Waals surface area contributed by atoms with Gasteiger partial charge in [0.15, 0.2) is 0 Å². The number of rotatable bonds is 5. The van der Waals surface area contributed by atoms with Gasteiger partial charge in [0, 0.05) is 5.56 Å². The van der Waals surface area contributed by atoms with E-state index in [4.69, 9.17) is 4.99 Å². The first kappa shape index (κ1) is 19.7. The molecule has 2 aromatic rings. The van der Waals surface area contributed by atoms with Gasteiger partial charge < -0.3 is 5.09 Å². The second-order valence-corrected chi connectivity index (χ2v) is 10.3. The van der Waals surface area contributed by atoms with E-state index in [1.165, 1.54) is 22.3 Å². The van der Waals surface area contributed by atoms with Gasteiger partial charge in [-0.05, 0) is 56.9 Å². The molecule has 0 aliphatic rings. The van der Waals surface area contributed by atoms with Gasteiger partial charge in [0.05, 0.1) is 5.69 Å². The average Bonchev–Trinajstić information content (AvgIpc) is 2.54. The maximum atomic E-state index is 5.12. The van der Waals surface area contributed by atoms with Crippen molar-refractivity contribution in [1.29, 1.82) is 0 Å². The van der Waals surface area contributed by atoms with Crippen molar-refractivity contribution < 1.29 is 0 Å². The van der Waals surface area contributed by atoms with E-state index in [9.17, 15) is 0 Å². The number of hydrogen-bond donors (Lipinski definition) is 1. The number of amidine groups is 1. The molecule has 2 rings (SSSR count). The Hall–Kier alpha value is -1.66. The monoisotopic (exact) mass is 354 g/mol. The van der Waals surface area contributed by atoms with Crippen LogP contribution in [-0.4, -0.2) is 17.2 Å². The molecule has 0 aliphatic heterocycles. The molecule has 1 N–H and O–H groups in total. The molecular formula is C22H31N2P. The normalized spacial score (nSPS) is 12.3. The van der Waals surface area contributed by atoms with E-state index in [1.807, 2.05) is 0 Å². The van der Waals surface area contributed by atoms with E-state index in [2.05, 4.69) is 96.0 Å². The largest absolute Gasteiger partial charge is 0.348 e. The van der Waals surface area contributed by atoms with Crippen LogP contribution in [0.1, 0.15) is 49.9 Å². The number of benzene rings is 2. The van der Waals surface area contributed by atoms with Gasteiger partial charge in [-0.15, -0.1) is 0 Å². The maximum absolute atomic E-state index is 5.12. The smallest absolute Gasteiger partial charge is 0.137 e. The maximum Gasteiger partial charge on any atom is 0.137 e. The zero-order valence-corrected chi connectivity index (χ0v) is 17.5. The predicted octanol–water partition coefficient (Wildman–Crippen LogP) is 6.49. The molecule has 134 valence electrons. The molecule has 25 heavy (non-hydrogen) atoms. The van der Waals surface area contributed by atoms with Gasteiger partial charge in [-0.25, -0.2) is 4.99 Å². The number of hydrogen-bond acceptors (Lipinski definition) is 1. The third-order valence-electron chi connectivity index (χ3n) is 4.41. The van der Waals surface area contributed by atoms with Crippen LogP contribution in [0.4, 0.5) is 5.69 Å². The first-order chi connectivity index (χ1) is 11.8. The van der Waals surface area contributed by atoms with E-state index < -0.39 is 0 Å². The summed E-state index contributed by atoms with van der Waals surface area (Å²) in [6.45, 7) is 15.6. The molecule has 0 atom stereocenters. The van der Waals surface area contributed by atoms with Crippen LogP contribution in [0.2, 0.25) is 0 Å². The van der Waals surface area contributed by atoms with E-state index >= 15 is 0 Å². The lowest BCUT2D eigenvalue weighted by molar-refractivity contribution is 0.990. The molecule has 0 bridgehead atoms. The van der Waals surface area contributed by atoms with Crippen molar-refractivity contribution in [2.75, 3.05) is 0 Å². The average molecular weight is 354 g/mol. The van der Waals surface area contributed by atoms with Crippen molar-refractivity contribution in [3.05, 3.63) is 64.7 Å². The second-order valence-electron chi connectivity index (χ2n) is 7.22. The van der Waals surface area contributed by atoms with Crippen LogP contribution in [0.25, 0.3) is 0 Å². The second kappa shape index (κ2) is 8.63. The minimum absolute atomic E-state index is 0.350. The first-order valence-corrected chi connectivity index (χ1v) is 10.5. The molecule has 0 heterocycles. The highest BCUT2D eigenvalue weighted by Gasteiger charge is 2.20. The van der Waals surface area contributed by atoms with Gasteiger partial charge in [0.25, 0.3) is 0 Å². The standard InChI is InChI=1S/C22H31N2P/c1-15(2)25(16(3)4)24-22(20-14-9-8-11-17(20)5)23-21-18(6)12-10-13-19(21)7/h8-16H,1-7H3,(H,23,24). The Morgan fingerprint density at radius 1 is 0.800 bits per heavy atom. The summed E-state index contributed by atoms with van der Waals surface area (Å²) in [7, 11) is -0.350. The first-order valence-electron chi connectivity index (χ1n) is 9.07. The number of para-hydroxylation sites is 1. The zero-order chi connectivity index (χ0) is 18.6. The van der Waals surface area contributed by atoms with Crippen molar-refractivity contribution in [3.63, 3.8) is 0 Å². The molecule has 0 radical (unpaired) electrons. The molecule has 3 heteroatoms. The van der Waals surface area contributed by atoms with E-state index in [-0.39, 0.29) is 8.07 Å². The van der Waals surface area contributed by atoms with Crippen molar-refractivity contribution in [2.45, 2.75) is 59.8 Å². The Morgan fingerprint density at radius 3 is 1.84 bits per heavy atom. The fourth-order valence-electron chi connectivity index (χ4n) is 3.05.